The second-order valence-electron chi connectivity index (χ2n) is 4.65. The van der Waals surface area contributed by atoms with Crippen LogP contribution in [0.3, 0.4) is 0 Å². The first-order valence-corrected chi connectivity index (χ1v) is 8.37. The van der Waals surface area contributed by atoms with Gasteiger partial charge >= 0.3 is 0 Å². The number of carbonyl (C=O) groups is 1. The Morgan fingerprint density at radius 3 is 2.65 bits per heavy atom. The molecule has 0 N–H and O–H groups in total. The highest BCUT2D eigenvalue weighted by molar-refractivity contribution is 8.01. The van der Waals surface area contributed by atoms with E-state index in [0.717, 1.165) is 35.8 Å². The van der Waals surface area contributed by atoms with Crippen LogP contribution in [0.5, 0.6) is 0 Å². The molecule has 1 atom stereocenters. The predicted molar refractivity (Wildman–Crippen MR) is 80.8 cm³/mol. The molecule has 104 valence electrons. The highest BCUT2D eigenvalue weighted by Gasteiger charge is 2.29. The van der Waals surface area contributed by atoms with E-state index >= 15 is 0 Å². The molecular formula is C14H15N3OS2. The van der Waals surface area contributed by atoms with Crippen molar-refractivity contribution in [3.8, 4) is 0 Å². The Bertz CT molecular complexity index is 553. The Labute approximate surface area is 126 Å². The van der Waals surface area contributed by atoms with Crippen molar-refractivity contribution in [1.29, 1.82) is 0 Å². The lowest BCUT2D eigenvalue weighted by Gasteiger charge is -2.22. The number of thioether (sulfide) groups is 1. The molecule has 0 saturated carbocycles. The SMILES string of the molecule is O=C(C(Sc1nncs1)c1ccccc1)N1CCCC1. The first kappa shape index (κ1) is 13.6. The van der Waals surface area contributed by atoms with Crippen molar-refractivity contribution < 1.29 is 4.79 Å². The fourth-order valence-corrected chi connectivity index (χ4v) is 4.07. The molecule has 0 bridgehead atoms. The molecule has 6 heteroatoms. The van der Waals surface area contributed by atoms with Crippen molar-refractivity contribution in [3.63, 3.8) is 0 Å². The van der Waals surface area contributed by atoms with Gasteiger partial charge in [-0.1, -0.05) is 53.4 Å². The van der Waals surface area contributed by atoms with Crippen LogP contribution in [0, 0.1) is 0 Å². The number of nitrogens with zero attached hydrogens (tertiary/aromatic N) is 3. The lowest BCUT2D eigenvalue weighted by molar-refractivity contribution is -0.129. The van der Waals surface area contributed by atoms with E-state index in [1.807, 2.05) is 35.2 Å². The molecule has 1 aliphatic heterocycles. The Morgan fingerprint density at radius 2 is 2.00 bits per heavy atom. The van der Waals surface area contributed by atoms with Gasteiger partial charge in [-0.25, -0.2) is 0 Å². The van der Waals surface area contributed by atoms with Gasteiger partial charge in [0.25, 0.3) is 0 Å². The van der Waals surface area contributed by atoms with E-state index in [9.17, 15) is 4.79 Å². The Hall–Kier alpha value is -1.40. The molecule has 1 fully saturated rings. The van der Waals surface area contributed by atoms with Crippen LogP contribution < -0.4 is 0 Å². The topological polar surface area (TPSA) is 46.1 Å². The number of amides is 1. The van der Waals surface area contributed by atoms with E-state index in [2.05, 4.69) is 10.2 Å². The molecule has 1 aromatic heterocycles. The van der Waals surface area contributed by atoms with E-state index in [1.54, 1.807) is 5.51 Å². The summed E-state index contributed by atoms with van der Waals surface area (Å²) < 4.78 is 0.839. The summed E-state index contributed by atoms with van der Waals surface area (Å²) in [7, 11) is 0. The van der Waals surface area contributed by atoms with Crippen LogP contribution in [-0.4, -0.2) is 34.1 Å². The third-order valence-electron chi connectivity index (χ3n) is 3.30. The smallest absolute Gasteiger partial charge is 0.240 e. The number of hydrogen-bond acceptors (Lipinski definition) is 5. The molecule has 3 rings (SSSR count). The van der Waals surface area contributed by atoms with Crippen LogP contribution >= 0.6 is 23.1 Å². The molecule has 0 aliphatic carbocycles. The van der Waals surface area contributed by atoms with Crippen LogP contribution in [0.4, 0.5) is 0 Å². The first-order valence-electron chi connectivity index (χ1n) is 6.61. The number of hydrogen-bond donors (Lipinski definition) is 0. The first-order chi connectivity index (χ1) is 9.84. The van der Waals surface area contributed by atoms with E-state index in [-0.39, 0.29) is 11.2 Å². The molecule has 1 amide bonds. The maximum absolute atomic E-state index is 12.7. The summed E-state index contributed by atoms with van der Waals surface area (Å²) in [5, 5.41) is 7.68. The van der Waals surface area contributed by atoms with Gasteiger partial charge in [-0.3, -0.25) is 4.79 Å². The molecule has 0 radical (unpaired) electrons. The fourth-order valence-electron chi connectivity index (χ4n) is 2.31. The summed E-state index contributed by atoms with van der Waals surface area (Å²) in [6.07, 6.45) is 2.22. The Balaban J connectivity index is 1.84. The van der Waals surface area contributed by atoms with Gasteiger partial charge in [0.15, 0.2) is 4.34 Å². The summed E-state index contributed by atoms with van der Waals surface area (Å²) in [5.74, 6) is 0.189. The van der Waals surface area contributed by atoms with Gasteiger partial charge in [-0.15, -0.1) is 10.2 Å². The zero-order valence-electron chi connectivity index (χ0n) is 10.9. The minimum Gasteiger partial charge on any atom is -0.341 e. The fraction of sp³-hybridized carbons (Fsp3) is 0.357. The molecule has 0 spiro atoms. The van der Waals surface area contributed by atoms with Crippen LogP contribution in [0.25, 0.3) is 0 Å². The normalized spacial score (nSPS) is 16.3. The van der Waals surface area contributed by atoms with E-state index in [0.29, 0.717) is 0 Å². The zero-order valence-corrected chi connectivity index (χ0v) is 12.6. The summed E-state index contributed by atoms with van der Waals surface area (Å²) in [6, 6.07) is 9.93. The maximum atomic E-state index is 12.7. The molecule has 4 nitrogen and oxygen atoms in total. The van der Waals surface area contributed by atoms with Gasteiger partial charge in [-0.05, 0) is 18.4 Å². The minimum atomic E-state index is -0.220. The van der Waals surface area contributed by atoms with E-state index < -0.39 is 0 Å². The van der Waals surface area contributed by atoms with Crippen LogP contribution in [0.1, 0.15) is 23.7 Å². The molecule has 1 aliphatic rings. The maximum Gasteiger partial charge on any atom is 0.240 e. The highest BCUT2D eigenvalue weighted by atomic mass is 32.2. The van der Waals surface area contributed by atoms with Gasteiger partial charge in [0.05, 0.1) is 0 Å². The van der Waals surface area contributed by atoms with Crippen molar-refractivity contribution in [2.24, 2.45) is 0 Å². The predicted octanol–water partition coefficient (Wildman–Crippen LogP) is 2.99. The molecule has 2 aromatic rings. The second-order valence-corrected chi connectivity index (χ2v) is 6.83. The lowest BCUT2D eigenvalue weighted by Crippen LogP contribution is -2.31. The lowest BCUT2D eigenvalue weighted by atomic mass is 10.1. The van der Waals surface area contributed by atoms with Crippen molar-refractivity contribution in [2.45, 2.75) is 22.4 Å². The Kier molecular flexibility index (Phi) is 4.32. The Morgan fingerprint density at radius 1 is 1.25 bits per heavy atom. The number of benzene rings is 1. The standard InChI is InChI=1S/C14H15N3OS2/c18-13(17-8-4-5-9-17)12(11-6-2-1-3-7-11)20-14-16-15-10-19-14/h1-3,6-7,10,12H,4-5,8-9H2. The summed E-state index contributed by atoms with van der Waals surface area (Å²) >= 11 is 2.97. The number of aromatic nitrogens is 2. The largest absolute Gasteiger partial charge is 0.341 e. The molecule has 1 unspecified atom stereocenters. The van der Waals surface area contributed by atoms with Gasteiger partial charge < -0.3 is 4.90 Å². The van der Waals surface area contributed by atoms with E-state index in [1.165, 1.54) is 23.1 Å². The van der Waals surface area contributed by atoms with Gasteiger partial charge in [0.1, 0.15) is 10.8 Å². The number of rotatable bonds is 4. The van der Waals surface area contributed by atoms with E-state index in [4.69, 9.17) is 0 Å². The van der Waals surface area contributed by atoms with Crippen LogP contribution in [0.2, 0.25) is 0 Å². The molecule has 2 heterocycles. The van der Waals surface area contributed by atoms with Crippen molar-refractivity contribution in [3.05, 3.63) is 41.4 Å². The minimum absolute atomic E-state index is 0.189. The average Bonchev–Trinajstić information content (AvgIpc) is 3.18. The zero-order chi connectivity index (χ0) is 13.8. The quantitative estimate of drug-likeness (QED) is 0.815. The van der Waals surface area contributed by atoms with Crippen molar-refractivity contribution in [1.82, 2.24) is 15.1 Å². The summed E-state index contributed by atoms with van der Waals surface area (Å²) in [5.41, 5.74) is 2.73. The van der Waals surface area contributed by atoms with Crippen molar-refractivity contribution >= 4 is 29.0 Å². The van der Waals surface area contributed by atoms with Gasteiger partial charge in [0.2, 0.25) is 5.91 Å². The third kappa shape index (κ3) is 3.02. The van der Waals surface area contributed by atoms with Crippen LogP contribution in [-0.2, 0) is 4.79 Å². The molecular weight excluding hydrogens is 290 g/mol. The summed E-state index contributed by atoms with van der Waals surface area (Å²) in [4.78, 5) is 14.7. The summed E-state index contributed by atoms with van der Waals surface area (Å²) in [6.45, 7) is 1.75. The molecule has 20 heavy (non-hydrogen) atoms. The van der Waals surface area contributed by atoms with Gasteiger partial charge in [-0.2, -0.15) is 0 Å². The number of likely N-dealkylation sites (tertiary alicyclic amines) is 1. The monoisotopic (exact) mass is 305 g/mol. The van der Waals surface area contributed by atoms with Crippen molar-refractivity contribution in [2.75, 3.05) is 13.1 Å². The highest BCUT2D eigenvalue weighted by Crippen LogP contribution is 2.37. The molecule has 1 saturated heterocycles. The second kappa shape index (κ2) is 6.37. The third-order valence-corrected chi connectivity index (χ3v) is 5.36. The van der Waals surface area contributed by atoms with Crippen LogP contribution in [0.15, 0.2) is 40.2 Å². The van der Waals surface area contributed by atoms with Gasteiger partial charge in [0, 0.05) is 13.1 Å². The number of carbonyl (C=O) groups excluding carboxylic acids is 1. The molecule has 1 aromatic carbocycles. The average molecular weight is 305 g/mol.